The van der Waals surface area contributed by atoms with E-state index in [4.69, 9.17) is 4.74 Å². The molecule has 0 saturated heterocycles. The Morgan fingerprint density at radius 3 is 2.18 bits per heavy atom. The molecule has 0 radical (unpaired) electrons. The van der Waals surface area contributed by atoms with Crippen molar-refractivity contribution in [2.75, 3.05) is 13.1 Å². The second-order valence-corrected chi connectivity index (χ2v) is 6.98. The number of rotatable bonds is 8. The zero-order valence-corrected chi connectivity index (χ0v) is 16.4. The second kappa shape index (κ2) is 9.69. The van der Waals surface area contributed by atoms with E-state index < -0.39 is 5.41 Å². The highest BCUT2D eigenvalue weighted by Gasteiger charge is 2.27. The molecular formula is C22H26N2O4. The van der Waals surface area contributed by atoms with Crippen molar-refractivity contribution in [3.05, 3.63) is 53.6 Å². The number of carbonyl (C=O) groups is 1. The maximum Gasteiger partial charge on any atom is 0.316 e. The van der Waals surface area contributed by atoms with Gasteiger partial charge in [0, 0.05) is 29.6 Å². The van der Waals surface area contributed by atoms with Gasteiger partial charge in [-0.05, 0) is 44.5 Å². The van der Waals surface area contributed by atoms with Crippen LogP contribution in [0.5, 0.6) is 17.2 Å². The Bertz CT molecular complexity index is 873. The van der Waals surface area contributed by atoms with Crippen molar-refractivity contribution in [3.63, 3.8) is 0 Å². The third kappa shape index (κ3) is 5.94. The van der Waals surface area contributed by atoms with Gasteiger partial charge in [-0.2, -0.15) is 0 Å². The van der Waals surface area contributed by atoms with Crippen LogP contribution in [0.2, 0.25) is 0 Å². The Balaban J connectivity index is 1.89. The first-order valence-corrected chi connectivity index (χ1v) is 9.16. The van der Waals surface area contributed by atoms with Crippen molar-refractivity contribution in [2.24, 2.45) is 15.4 Å². The Labute approximate surface area is 165 Å². The van der Waals surface area contributed by atoms with Gasteiger partial charge in [-0.25, -0.2) is 0 Å². The molecule has 0 aliphatic heterocycles. The fourth-order valence-corrected chi connectivity index (χ4v) is 2.12. The SMILES string of the molecule is CCC(C)(C)C(=O)Oc1ccc(C=NCCN=Cc2ccccc2O)c(O)c1. The normalized spacial score (nSPS) is 12.0. The van der Waals surface area contributed by atoms with Gasteiger partial charge in [0.2, 0.25) is 0 Å². The lowest BCUT2D eigenvalue weighted by Crippen LogP contribution is -2.28. The smallest absolute Gasteiger partial charge is 0.316 e. The third-order valence-corrected chi connectivity index (χ3v) is 4.40. The molecular weight excluding hydrogens is 356 g/mol. The van der Waals surface area contributed by atoms with Crippen molar-refractivity contribution < 1.29 is 19.7 Å². The van der Waals surface area contributed by atoms with Gasteiger partial charge in [0.15, 0.2) is 0 Å². The fourth-order valence-electron chi connectivity index (χ4n) is 2.12. The van der Waals surface area contributed by atoms with Crippen LogP contribution in [0.1, 0.15) is 38.3 Å². The molecule has 2 aromatic rings. The average molecular weight is 382 g/mol. The predicted molar refractivity (Wildman–Crippen MR) is 111 cm³/mol. The minimum Gasteiger partial charge on any atom is -0.507 e. The van der Waals surface area contributed by atoms with E-state index in [1.807, 2.05) is 26.8 Å². The number of phenolic OH excluding ortho intramolecular Hbond substituents is 2. The summed E-state index contributed by atoms with van der Waals surface area (Å²) in [7, 11) is 0. The quantitative estimate of drug-likeness (QED) is 0.313. The molecule has 0 aliphatic rings. The summed E-state index contributed by atoms with van der Waals surface area (Å²) < 4.78 is 5.33. The molecule has 2 N–H and O–H groups in total. The number of para-hydroxylation sites is 1. The zero-order valence-electron chi connectivity index (χ0n) is 16.4. The van der Waals surface area contributed by atoms with Crippen LogP contribution in [-0.4, -0.2) is 41.7 Å². The molecule has 0 spiro atoms. The van der Waals surface area contributed by atoms with Gasteiger partial charge in [0.1, 0.15) is 17.2 Å². The number of benzene rings is 2. The predicted octanol–water partition coefficient (Wildman–Crippen LogP) is 3.98. The minimum absolute atomic E-state index is 0.0129. The Hall–Kier alpha value is -3.15. The van der Waals surface area contributed by atoms with Crippen LogP contribution >= 0.6 is 0 Å². The highest BCUT2D eigenvalue weighted by molar-refractivity contribution is 5.85. The second-order valence-electron chi connectivity index (χ2n) is 6.98. The number of hydrogen-bond donors (Lipinski definition) is 2. The molecule has 0 aromatic heterocycles. The van der Waals surface area contributed by atoms with E-state index in [0.29, 0.717) is 36.4 Å². The Morgan fingerprint density at radius 2 is 1.61 bits per heavy atom. The lowest BCUT2D eigenvalue weighted by Gasteiger charge is -2.20. The van der Waals surface area contributed by atoms with Crippen LogP contribution in [-0.2, 0) is 4.79 Å². The average Bonchev–Trinajstić information content (AvgIpc) is 2.67. The maximum atomic E-state index is 12.1. The number of nitrogens with zero attached hydrogens (tertiary/aromatic N) is 2. The first-order chi connectivity index (χ1) is 13.3. The summed E-state index contributed by atoms with van der Waals surface area (Å²) in [6.07, 6.45) is 3.81. The van der Waals surface area contributed by atoms with Gasteiger partial charge in [-0.1, -0.05) is 19.1 Å². The van der Waals surface area contributed by atoms with Crippen molar-refractivity contribution in [2.45, 2.75) is 27.2 Å². The lowest BCUT2D eigenvalue weighted by molar-refractivity contribution is -0.144. The van der Waals surface area contributed by atoms with Gasteiger partial charge in [0.25, 0.3) is 0 Å². The number of aliphatic imine (C=N–C) groups is 2. The maximum absolute atomic E-state index is 12.1. The summed E-state index contributed by atoms with van der Waals surface area (Å²) in [5.41, 5.74) is 0.604. The van der Waals surface area contributed by atoms with Crippen LogP contribution in [0.4, 0.5) is 0 Å². The highest BCUT2D eigenvalue weighted by atomic mass is 16.5. The van der Waals surface area contributed by atoms with Crippen molar-refractivity contribution >= 4 is 18.4 Å². The van der Waals surface area contributed by atoms with E-state index in [1.165, 1.54) is 6.07 Å². The molecule has 0 bridgehead atoms. The standard InChI is InChI=1S/C22H26N2O4/c1-4-22(2,3)21(27)28-18-10-9-17(20(26)13-18)15-24-12-11-23-14-16-7-5-6-8-19(16)25/h5-10,13-15,25-26H,4,11-12H2,1-3H3. The van der Waals surface area contributed by atoms with Crippen LogP contribution in [0, 0.1) is 5.41 Å². The Kier molecular flexibility index (Phi) is 7.32. The van der Waals surface area contributed by atoms with E-state index >= 15 is 0 Å². The molecule has 28 heavy (non-hydrogen) atoms. The monoisotopic (exact) mass is 382 g/mol. The zero-order chi connectivity index (χ0) is 20.6. The fraction of sp³-hybridized carbons (Fsp3) is 0.318. The summed E-state index contributed by atoms with van der Waals surface area (Å²) >= 11 is 0. The summed E-state index contributed by atoms with van der Waals surface area (Å²) in [4.78, 5) is 20.5. The summed E-state index contributed by atoms with van der Waals surface area (Å²) in [6.45, 7) is 6.44. The first-order valence-electron chi connectivity index (χ1n) is 9.16. The summed E-state index contributed by atoms with van der Waals surface area (Å²) in [5, 5.41) is 19.8. The molecule has 6 heteroatoms. The lowest BCUT2D eigenvalue weighted by atomic mass is 9.91. The van der Waals surface area contributed by atoms with Crippen molar-refractivity contribution in [1.29, 1.82) is 0 Å². The number of esters is 1. The third-order valence-electron chi connectivity index (χ3n) is 4.40. The minimum atomic E-state index is -0.577. The van der Waals surface area contributed by atoms with Crippen molar-refractivity contribution in [1.82, 2.24) is 0 Å². The topological polar surface area (TPSA) is 91.5 Å². The number of phenols is 2. The van der Waals surface area contributed by atoms with Crippen molar-refractivity contribution in [3.8, 4) is 17.2 Å². The van der Waals surface area contributed by atoms with Gasteiger partial charge >= 0.3 is 5.97 Å². The number of ether oxygens (including phenoxy) is 1. The summed E-state index contributed by atoms with van der Waals surface area (Å²) in [6, 6.07) is 11.6. The molecule has 0 aliphatic carbocycles. The number of hydrogen-bond acceptors (Lipinski definition) is 6. The van der Waals surface area contributed by atoms with E-state index in [2.05, 4.69) is 9.98 Å². The molecule has 0 amide bonds. The Morgan fingerprint density at radius 1 is 1.00 bits per heavy atom. The molecule has 0 atom stereocenters. The number of carbonyl (C=O) groups excluding carboxylic acids is 1. The highest BCUT2D eigenvalue weighted by Crippen LogP contribution is 2.27. The van der Waals surface area contributed by atoms with E-state index in [-0.39, 0.29) is 17.5 Å². The van der Waals surface area contributed by atoms with E-state index in [0.717, 1.165) is 0 Å². The molecule has 6 nitrogen and oxygen atoms in total. The molecule has 2 aromatic carbocycles. The number of aromatic hydroxyl groups is 2. The molecule has 2 rings (SSSR count). The van der Waals surface area contributed by atoms with Gasteiger partial charge in [0.05, 0.1) is 18.5 Å². The van der Waals surface area contributed by atoms with Gasteiger partial charge in [-0.3, -0.25) is 14.8 Å². The first kappa shape index (κ1) is 21.2. The van der Waals surface area contributed by atoms with Crippen LogP contribution < -0.4 is 4.74 Å². The largest absolute Gasteiger partial charge is 0.507 e. The molecule has 0 unspecified atom stereocenters. The van der Waals surface area contributed by atoms with Crippen LogP contribution in [0.15, 0.2) is 52.4 Å². The van der Waals surface area contributed by atoms with Gasteiger partial charge < -0.3 is 14.9 Å². The molecule has 0 fully saturated rings. The van der Waals surface area contributed by atoms with Crippen LogP contribution in [0.3, 0.4) is 0 Å². The van der Waals surface area contributed by atoms with E-state index in [9.17, 15) is 15.0 Å². The molecule has 0 heterocycles. The molecule has 0 saturated carbocycles. The van der Waals surface area contributed by atoms with Gasteiger partial charge in [-0.15, -0.1) is 0 Å². The molecule has 148 valence electrons. The van der Waals surface area contributed by atoms with E-state index in [1.54, 1.807) is 42.8 Å². The summed E-state index contributed by atoms with van der Waals surface area (Å²) in [5.74, 6) is 0.135. The van der Waals surface area contributed by atoms with Crippen LogP contribution in [0.25, 0.3) is 0 Å².